The van der Waals surface area contributed by atoms with E-state index in [0.29, 0.717) is 11.3 Å². The van der Waals surface area contributed by atoms with E-state index in [0.717, 1.165) is 15.6 Å². The fourth-order valence-electron chi connectivity index (χ4n) is 3.74. The maximum Gasteiger partial charge on any atom is 0.295 e. The first-order valence-electron chi connectivity index (χ1n) is 9.72. The van der Waals surface area contributed by atoms with Crippen molar-refractivity contribution in [1.82, 2.24) is 4.90 Å². The van der Waals surface area contributed by atoms with E-state index in [-0.39, 0.29) is 17.9 Å². The van der Waals surface area contributed by atoms with Crippen molar-refractivity contribution in [1.29, 1.82) is 0 Å². The molecule has 3 aromatic carbocycles. The Kier molecular flexibility index (Phi) is 5.91. The predicted molar refractivity (Wildman–Crippen MR) is 121 cm³/mol. The van der Waals surface area contributed by atoms with Crippen LogP contribution >= 0.6 is 15.9 Å². The van der Waals surface area contributed by atoms with E-state index in [4.69, 9.17) is 4.74 Å². The van der Waals surface area contributed by atoms with Gasteiger partial charge in [0.25, 0.3) is 11.7 Å². The Hall–Kier alpha value is -3.38. The lowest BCUT2D eigenvalue weighted by molar-refractivity contribution is -0.140. The lowest BCUT2D eigenvalue weighted by atomic mass is 9.95. The standard InChI is InChI=1S/C25H20BrNO4/c1-31-20-9-5-8-18(14-20)23(28)21-22(17-10-12-19(26)13-11-17)27(25(30)24(21)29)15-16-6-3-2-4-7-16/h2-14,22,28H,15H2,1H3. The molecular formula is C25H20BrNO4. The summed E-state index contributed by atoms with van der Waals surface area (Å²) in [5.41, 5.74) is 2.12. The third kappa shape index (κ3) is 4.11. The number of halogens is 1. The highest BCUT2D eigenvalue weighted by atomic mass is 79.9. The van der Waals surface area contributed by atoms with Gasteiger partial charge < -0.3 is 14.7 Å². The van der Waals surface area contributed by atoms with Crippen molar-refractivity contribution >= 4 is 33.4 Å². The second kappa shape index (κ2) is 8.78. The molecule has 1 fully saturated rings. The van der Waals surface area contributed by atoms with Gasteiger partial charge in [-0.05, 0) is 35.4 Å². The lowest BCUT2D eigenvalue weighted by Gasteiger charge is -2.25. The maximum atomic E-state index is 13.1. The van der Waals surface area contributed by atoms with Crippen LogP contribution in [0.2, 0.25) is 0 Å². The van der Waals surface area contributed by atoms with E-state index in [1.807, 2.05) is 54.6 Å². The number of hydrogen-bond donors (Lipinski definition) is 1. The molecule has 1 amide bonds. The second-order valence-corrected chi connectivity index (χ2v) is 8.11. The highest BCUT2D eigenvalue weighted by Gasteiger charge is 2.46. The van der Waals surface area contributed by atoms with Crippen LogP contribution < -0.4 is 4.74 Å². The van der Waals surface area contributed by atoms with Gasteiger partial charge in [-0.25, -0.2) is 0 Å². The van der Waals surface area contributed by atoms with Gasteiger partial charge in [0.2, 0.25) is 0 Å². The summed E-state index contributed by atoms with van der Waals surface area (Å²) in [5, 5.41) is 11.1. The van der Waals surface area contributed by atoms with Crippen molar-refractivity contribution in [3.05, 3.63) is 106 Å². The fraction of sp³-hybridized carbons (Fsp3) is 0.120. The number of ether oxygens (including phenoxy) is 1. The van der Waals surface area contributed by atoms with Gasteiger partial charge in [-0.3, -0.25) is 9.59 Å². The van der Waals surface area contributed by atoms with Crippen LogP contribution in [0.1, 0.15) is 22.7 Å². The SMILES string of the molecule is COc1cccc(C(O)=C2C(=O)C(=O)N(Cc3ccccc3)C2c2ccc(Br)cc2)c1. The van der Waals surface area contributed by atoms with Gasteiger partial charge in [-0.2, -0.15) is 0 Å². The summed E-state index contributed by atoms with van der Waals surface area (Å²) in [7, 11) is 1.53. The number of ketones is 1. The molecule has 1 unspecified atom stereocenters. The van der Waals surface area contributed by atoms with Crippen LogP contribution in [0.5, 0.6) is 5.75 Å². The van der Waals surface area contributed by atoms with Crippen LogP contribution in [0, 0.1) is 0 Å². The van der Waals surface area contributed by atoms with Crippen LogP contribution in [-0.2, 0) is 16.1 Å². The van der Waals surface area contributed by atoms with Crippen molar-refractivity contribution in [2.75, 3.05) is 7.11 Å². The number of likely N-dealkylation sites (tertiary alicyclic amines) is 1. The monoisotopic (exact) mass is 477 g/mol. The smallest absolute Gasteiger partial charge is 0.295 e. The van der Waals surface area contributed by atoms with Crippen molar-refractivity contribution in [3.63, 3.8) is 0 Å². The van der Waals surface area contributed by atoms with Gasteiger partial charge in [-0.1, -0.05) is 70.5 Å². The molecule has 156 valence electrons. The Bertz CT molecular complexity index is 1160. The molecule has 0 bridgehead atoms. The van der Waals surface area contributed by atoms with Crippen LogP contribution in [0.4, 0.5) is 0 Å². The van der Waals surface area contributed by atoms with Gasteiger partial charge in [0.05, 0.1) is 18.7 Å². The highest BCUT2D eigenvalue weighted by Crippen LogP contribution is 2.40. The average molecular weight is 478 g/mol. The average Bonchev–Trinajstić information content (AvgIpc) is 3.05. The molecule has 6 heteroatoms. The molecule has 0 aliphatic carbocycles. The molecule has 1 atom stereocenters. The molecule has 1 aliphatic rings. The summed E-state index contributed by atoms with van der Waals surface area (Å²) in [5.74, 6) is -1.02. The third-order valence-electron chi connectivity index (χ3n) is 5.26. The summed E-state index contributed by atoms with van der Waals surface area (Å²) in [6.45, 7) is 0.251. The van der Waals surface area contributed by atoms with E-state index in [2.05, 4.69) is 15.9 Å². The molecular weight excluding hydrogens is 458 g/mol. The minimum atomic E-state index is -0.709. The number of aliphatic hydroxyl groups excluding tert-OH is 1. The van der Waals surface area contributed by atoms with E-state index in [1.165, 1.54) is 12.0 Å². The molecule has 0 aromatic heterocycles. The molecule has 1 saturated heterocycles. The van der Waals surface area contributed by atoms with Gasteiger partial charge in [0.15, 0.2) is 0 Å². The Morgan fingerprint density at radius 1 is 1.00 bits per heavy atom. The molecule has 31 heavy (non-hydrogen) atoms. The second-order valence-electron chi connectivity index (χ2n) is 7.20. The lowest BCUT2D eigenvalue weighted by Crippen LogP contribution is -2.29. The molecule has 1 N–H and O–H groups in total. The Labute approximate surface area is 188 Å². The maximum absolute atomic E-state index is 13.1. The minimum absolute atomic E-state index is 0.0662. The Morgan fingerprint density at radius 3 is 2.39 bits per heavy atom. The molecule has 0 spiro atoms. The van der Waals surface area contributed by atoms with Gasteiger partial charge in [-0.15, -0.1) is 0 Å². The molecule has 1 heterocycles. The molecule has 3 aromatic rings. The van der Waals surface area contributed by atoms with Crippen molar-refractivity contribution in [3.8, 4) is 5.75 Å². The van der Waals surface area contributed by atoms with Crippen LogP contribution in [-0.4, -0.2) is 28.8 Å². The summed E-state index contributed by atoms with van der Waals surface area (Å²) >= 11 is 3.42. The minimum Gasteiger partial charge on any atom is -0.507 e. The number of Topliss-reactive ketones (excluding diaryl/α,β-unsaturated/α-hetero) is 1. The topological polar surface area (TPSA) is 66.8 Å². The molecule has 5 nitrogen and oxygen atoms in total. The first kappa shape index (κ1) is 20.9. The number of rotatable bonds is 5. The Morgan fingerprint density at radius 2 is 1.71 bits per heavy atom. The first-order chi connectivity index (χ1) is 15.0. The molecule has 1 aliphatic heterocycles. The quantitative estimate of drug-likeness (QED) is 0.316. The highest BCUT2D eigenvalue weighted by molar-refractivity contribution is 9.10. The van der Waals surface area contributed by atoms with E-state index in [1.54, 1.807) is 24.3 Å². The zero-order valence-electron chi connectivity index (χ0n) is 16.8. The van der Waals surface area contributed by atoms with E-state index < -0.39 is 17.7 Å². The number of hydrogen-bond acceptors (Lipinski definition) is 4. The van der Waals surface area contributed by atoms with Crippen LogP contribution in [0.15, 0.2) is 88.9 Å². The van der Waals surface area contributed by atoms with Crippen molar-refractivity contribution < 1.29 is 19.4 Å². The summed E-state index contributed by atoms with van der Waals surface area (Å²) in [6.07, 6.45) is 0. The normalized spacial score (nSPS) is 17.7. The van der Waals surface area contributed by atoms with Crippen molar-refractivity contribution in [2.45, 2.75) is 12.6 Å². The number of carbonyl (C=O) groups is 2. The molecule has 0 saturated carbocycles. The number of nitrogens with zero attached hydrogens (tertiary/aromatic N) is 1. The molecule has 4 rings (SSSR count). The number of carbonyl (C=O) groups excluding carboxylic acids is 2. The number of methoxy groups -OCH3 is 1. The largest absolute Gasteiger partial charge is 0.507 e. The van der Waals surface area contributed by atoms with E-state index >= 15 is 0 Å². The van der Waals surface area contributed by atoms with Crippen LogP contribution in [0.25, 0.3) is 5.76 Å². The number of benzene rings is 3. The van der Waals surface area contributed by atoms with E-state index in [9.17, 15) is 14.7 Å². The summed E-state index contributed by atoms with van der Waals surface area (Å²) < 4.78 is 6.12. The van der Waals surface area contributed by atoms with Crippen molar-refractivity contribution in [2.24, 2.45) is 0 Å². The zero-order chi connectivity index (χ0) is 22.0. The van der Waals surface area contributed by atoms with Gasteiger partial charge >= 0.3 is 0 Å². The summed E-state index contributed by atoms with van der Waals surface area (Å²) in [6, 6.07) is 22.9. The number of aliphatic hydroxyl groups is 1. The number of amides is 1. The Balaban J connectivity index is 1.86. The van der Waals surface area contributed by atoms with Gasteiger partial charge in [0, 0.05) is 16.6 Å². The third-order valence-corrected chi connectivity index (χ3v) is 5.79. The van der Waals surface area contributed by atoms with Gasteiger partial charge in [0.1, 0.15) is 11.5 Å². The zero-order valence-corrected chi connectivity index (χ0v) is 18.4. The predicted octanol–water partition coefficient (Wildman–Crippen LogP) is 5.08. The fourth-order valence-corrected chi connectivity index (χ4v) is 4.01. The van der Waals surface area contributed by atoms with Crippen LogP contribution in [0.3, 0.4) is 0 Å². The summed E-state index contributed by atoms with van der Waals surface area (Å²) in [4.78, 5) is 27.6. The molecule has 0 radical (unpaired) electrons. The first-order valence-corrected chi connectivity index (χ1v) is 10.5.